The van der Waals surface area contributed by atoms with Crippen molar-refractivity contribution in [1.29, 1.82) is 0 Å². The molecule has 0 aromatic heterocycles. The molecular weight excluding hydrogens is 248 g/mol. The van der Waals surface area contributed by atoms with Crippen molar-refractivity contribution in [2.24, 2.45) is 0 Å². The summed E-state index contributed by atoms with van der Waals surface area (Å²) in [7, 11) is 0. The summed E-state index contributed by atoms with van der Waals surface area (Å²) in [4.78, 5) is 11.8. The number of hydrogen-bond acceptors (Lipinski definition) is 2. The third kappa shape index (κ3) is 5.52. The minimum Gasteiger partial charge on any atom is -0.348 e. The van der Waals surface area contributed by atoms with Gasteiger partial charge < -0.3 is 10.6 Å². The van der Waals surface area contributed by atoms with E-state index in [0.29, 0.717) is 11.6 Å². The highest BCUT2D eigenvalue weighted by atomic mass is 35.5. The lowest BCUT2D eigenvalue weighted by atomic mass is 10.1. The zero-order valence-corrected chi connectivity index (χ0v) is 12.1. The number of halogens is 1. The SMILES string of the molecule is CC(NC(=O)CNC(C)(C)C)c1cccc(Cl)c1. The molecule has 0 spiro atoms. The summed E-state index contributed by atoms with van der Waals surface area (Å²) in [6.07, 6.45) is 0. The molecule has 0 bridgehead atoms. The van der Waals surface area contributed by atoms with E-state index >= 15 is 0 Å². The highest BCUT2D eigenvalue weighted by Gasteiger charge is 2.13. The van der Waals surface area contributed by atoms with Crippen LogP contribution in [0, 0.1) is 0 Å². The molecular formula is C14H21ClN2O. The molecule has 2 N–H and O–H groups in total. The van der Waals surface area contributed by atoms with Gasteiger partial charge in [0.2, 0.25) is 5.91 Å². The van der Waals surface area contributed by atoms with Crippen molar-refractivity contribution in [2.45, 2.75) is 39.3 Å². The lowest BCUT2D eigenvalue weighted by molar-refractivity contribution is -0.121. The van der Waals surface area contributed by atoms with Crippen LogP contribution >= 0.6 is 11.6 Å². The highest BCUT2D eigenvalue weighted by Crippen LogP contribution is 2.17. The van der Waals surface area contributed by atoms with E-state index in [-0.39, 0.29) is 17.5 Å². The van der Waals surface area contributed by atoms with Gasteiger partial charge in [-0.05, 0) is 45.4 Å². The third-order valence-corrected chi connectivity index (χ3v) is 2.74. The average Bonchev–Trinajstić information content (AvgIpc) is 2.25. The Kier molecular flexibility index (Phi) is 5.17. The summed E-state index contributed by atoms with van der Waals surface area (Å²) in [6.45, 7) is 8.34. The Labute approximate surface area is 114 Å². The molecule has 1 unspecified atom stereocenters. The molecule has 0 aliphatic rings. The van der Waals surface area contributed by atoms with E-state index in [1.54, 1.807) is 0 Å². The first-order chi connectivity index (χ1) is 8.28. The summed E-state index contributed by atoms with van der Waals surface area (Å²) in [5, 5.41) is 6.77. The van der Waals surface area contributed by atoms with Crippen LogP contribution in [0.15, 0.2) is 24.3 Å². The van der Waals surface area contributed by atoms with Crippen molar-refractivity contribution in [1.82, 2.24) is 10.6 Å². The van der Waals surface area contributed by atoms with Gasteiger partial charge in [-0.3, -0.25) is 4.79 Å². The van der Waals surface area contributed by atoms with E-state index in [4.69, 9.17) is 11.6 Å². The first kappa shape index (κ1) is 15.0. The Morgan fingerprint density at radius 2 is 2.06 bits per heavy atom. The Balaban J connectivity index is 2.50. The third-order valence-electron chi connectivity index (χ3n) is 2.51. The van der Waals surface area contributed by atoms with Crippen LogP contribution in [-0.2, 0) is 4.79 Å². The monoisotopic (exact) mass is 268 g/mol. The Morgan fingerprint density at radius 3 is 2.61 bits per heavy atom. The number of carbonyl (C=O) groups is 1. The molecule has 0 radical (unpaired) electrons. The van der Waals surface area contributed by atoms with E-state index in [2.05, 4.69) is 10.6 Å². The van der Waals surface area contributed by atoms with Crippen LogP contribution in [0.4, 0.5) is 0 Å². The molecule has 0 aliphatic heterocycles. The number of hydrogen-bond donors (Lipinski definition) is 2. The maximum atomic E-state index is 11.8. The van der Waals surface area contributed by atoms with Crippen molar-refractivity contribution in [3.63, 3.8) is 0 Å². The molecule has 0 saturated carbocycles. The smallest absolute Gasteiger partial charge is 0.234 e. The first-order valence-corrected chi connectivity index (χ1v) is 6.45. The second-order valence-corrected chi connectivity index (χ2v) is 5.88. The van der Waals surface area contributed by atoms with Crippen LogP contribution in [0.3, 0.4) is 0 Å². The molecule has 0 aliphatic carbocycles. The summed E-state index contributed by atoms with van der Waals surface area (Å²) in [5.41, 5.74) is 0.947. The molecule has 1 aromatic carbocycles. The van der Waals surface area contributed by atoms with Gasteiger partial charge in [0.25, 0.3) is 0 Å². The second kappa shape index (κ2) is 6.21. The van der Waals surface area contributed by atoms with Crippen LogP contribution in [-0.4, -0.2) is 18.0 Å². The van der Waals surface area contributed by atoms with Gasteiger partial charge in [-0.2, -0.15) is 0 Å². The Hall–Kier alpha value is -1.06. The Morgan fingerprint density at radius 1 is 1.39 bits per heavy atom. The topological polar surface area (TPSA) is 41.1 Å². The molecule has 1 atom stereocenters. The van der Waals surface area contributed by atoms with E-state index in [9.17, 15) is 4.79 Å². The van der Waals surface area contributed by atoms with Crippen molar-refractivity contribution in [2.75, 3.05) is 6.54 Å². The van der Waals surface area contributed by atoms with Gasteiger partial charge in [0.05, 0.1) is 12.6 Å². The Bertz CT molecular complexity index is 413. The van der Waals surface area contributed by atoms with E-state index in [0.717, 1.165) is 5.56 Å². The quantitative estimate of drug-likeness (QED) is 0.882. The first-order valence-electron chi connectivity index (χ1n) is 6.08. The van der Waals surface area contributed by atoms with Gasteiger partial charge in [0, 0.05) is 10.6 Å². The molecule has 0 heterocycles. The number of benzene rings is 1. The maximum Gasteiger partial charge on any atom is 0.234 e. The molecule has 1 aromatic rings. The fraction of sp³-hybridized carbons (Fsp3) is 0.500. The van der Waals surface area contributed by atoms with Crippen LogP contribution < -0.4 is 10.6 Å². The standard InChI is InChI=1S/C14H21ClN2O/c1-10(11-6-5-7-12(15)8-11)17-13(18)9-16-14(2,3)4/h5-8,10,16H,9H2,1-4H3,(H,17,18). The van der Waals surface area contributed by atoms with Crippen LogP contribution in [0.25, 0.3) is 0 Å². The lowest BCUT2D eigenvalue weighted by Gasteiger charge is -2.21. The molecule has 4 heteroatoms. The average molecular weight is 269 g/mol. The summed E-state index contributed by atoms with van der Waals surface area (Å²) < 4.78 is 0. The highest BCUT2D eigenvalue weighted by molar-refractivity contribution is 6.30. The maximum absolute atomic E-state index is 11.8. The van der Waals surface area contributed by atoms with Crippen molar-refractivity contribution in [3.8, 4) is 0 Å². The van der Waals surface area contributed by atoms with Gasteiger partial charge in [0.1, 0.15) is 0 Å². The van der Waals surface area contributed by atoms with E-state index in [1.807, 2.05) is 52.0 Å². The van der Waals surface area contributed by atoms with Gasteiger partial charge in [-0.15, -0.1) is 0 Å². The van der Waals surface area contributed by atoms with E-state index in [1.165, 1.54) is 0 Å². The minimum atomic E-state index is -0.0589. The molecule has 0 saturated heterocycles. The predicted octanol–water partition coefficient (Wildman–Crippen LogP) is 2.91. The van der Waals surface area contributed by atoms with Gasteiger partial charge in [-0.1, -0.05) is 23.7 Å². The van der Waals surface area contributed by atoms with Crippen molar-refractivity contribution in [3.05, 3.63) is 34.9 Å². The predicted molar refractivity (Wildman–Crippen MR) is 75.8 cm³/mol. The van der Waals surface area contributed by atoms with Crippen molar-refractivity contribution >= 4 is 17.5 Å². The molecule has 3 nitrogen and oxygen atoms in total. The van der Waals surface area contributed by atoms with Gasteiger partial charge in [0.15, 0.2) is 0 Å². The minimum absolute atomic E-state index is 0.0163. The summed E-state index contributed by atoms with van der Waals surface area (Å²) >= 11 is 5.92. The molecule has 100 valence electrons. The second-order valence-electron chi connectivity index (χ2n) is 5.45. The van der Waals surface area contributed by atoms with Crippen LogP contribution in [0.1, 0.15) is 39.3 Å². The van der Waals surface area contributed by atoms with Crippen molar-refractivity contribution < 1.29 is 4.79 Å². The fourth-order valence-corrected chi connectivity index (χ4v) is 1.70. The molecule has 18 heavy (non-hydrogen) atoms. The molecule has 1 amide bonds. The van der Waals surface area contributed by atoms with E-state index < -0.39 is 0 Å². The van der Waals surface area contributed by atoms with Gasteiger partial charge >= 0.3 is 0 Å². The number of nitrogens with one attached hydrogen (secondary N) is 2. The van der Waals surface area contributed by atoms with Crippen LogP contribution in [0.2, 0.25) is 5.02 Å². The zero-order valence-electron chi connectivity index (χ0n) is 11.4. The molecule has 0 fully saturated rings. The summed E-state index contributed by atoms with van der Waals surface area (Å²) in [5.74, 6) is -0.0163. The number of carbonyl (C=O) groups excluding carboxylic acids is 1. The lowest BCUT2D eigenvalue weighted by Crippen LogP contribution is -2.43. The zero-order chi connectivity index (χ0) is 13.8. The number of amides is 1. The summed E-state index contributed by atoms with van der Waals surface area (Å²) in [6, 6.07) is 7.48. The normalized spacial score (nSPS) is 13.2. The van der Waals surface area contributed by atoms with Crippen LogP contribution in [0.5, 0.6) is 0 Å². The van der Waals surface area contributed by atoms with Gasteiger partial charge in [-0.25, -0.2) is 0 Å². The number of rotatable bonds is 4. The fourth-order valence-electron chi connectivity index (χ4n) is 1.50. The largest absolute Gasteiger partial charge is 0.348 e. The molecule has 1 rings (SSSR count).